The zero-order valence-corrected chi connectivity index (χ0v) is 10.6. The Morgan fingerprint density at radius 1 is 1.45 bits per heavy atom. The molecular weight excluding hydrogens is 258 g/mol. The molecule has 1 amide bonds. The fraction of sp³-hybridized carbons (Fsp3) is 0.154. The predicted octanol–water partition coefficient (Wildman–Crippen LogP) is 1.11. The second-order valence-electron chi connectivity index (χ2n) is 4.34. The molecule has 0 aliphatic heterocycles. The Balaban J connectivity index is 1.68. The lowest BCUT2D eigenvalue weighted by atomic mass is 10.2. The van der Waals surface area contributed by atoms with Crippen LogP contribution in [-0.2, 0) is 6.42 Å². The van der Waals surface area contributed by atoms with Crippen molar-refractivity contribution < 1.29 is 9.32 Å². The van der Waals surface area contributed by atoms with Crippen molar-refractivity contribution in [3.63, 3.8) is 0 Å². The molecule has 20 heavy (non-hydrogen) atoms. The van der Waals surface area contributed by atoms with E-state index in [9.17, 15) is 4.79 Å². The second kappa shape index (κ2) is 5.04. The third-order valence-corrected chi connectivity index (χ3v) is 2.96. The molecule has 1 aromatic carbocycles. The molecule has 102 valence electrons. The van der Waals surface area contributed by atoms with Crippen LogP contribution in [0, 0.1) is 0 Å². The molecule has 2 heterocycles. The van der Waals surface area contributed by atoms with Crippen molar-refractivity contribution in [2.75, 3.05) is 12.3 Å². The van der Waals surface area contributed by atoms with Crippen LogP contribution in [0.1, 0.15) is 16.4 Å². The smallest absolute Gasteiger partial charge is 0.267 e. The molecule has 3 rings (SSSR count). The number of carbonyl (C=O) groups is 1. The molecule has 0 bridgehead atoms. The number of nitrogens with zero attached hydrogens (tertiary/aromatic N) is 2. The molecule has 0 spiro atoms. The molecule has 0 saturated carbocycles. The quantitative estimate of drug-likeness (QED) is 0.615. The van der Waals surface area contributed by atoms with E-state index in [-0.39, 0.29) is 5.91 Å². The standard InChI is InChI=1S/C13H13N5O2/c14-9-3-1-2-8-6-10(18-12(8)9)13(19)15-5-4-11-16-7-17-20-11/h1-3,6-7,18H,4-5,14H2,(H,15,19). The first-order valence-corrected chi connectivity index (χ1v) is 6.15. The van der Waals surface area contributed by atoms with Crippen LogP contribution in [0.3, 0.4) is 0 Å². The van der Waals surface area contributed by atoms with Crippen molar-refractivity contribution in [1.82, 2.24) is 20.4 Å². The maximum absolute atomic E-state index is 12.0. The minimum absolute atomic E-state index is 0.194. The lowest BCUT2D eigenvalue weighted by Crippen LogP contribution is -2.26. The average Bonchev–Trinajstić information content (AvgIpc) is 3.07. The summed E-state index contributed by atoms with van der Waals surface area (Å²) >= 11 is 0. The van der Waals surface area contributed by atoms with Gasteiger partial charge in [0, 0.05) is 18.4 Å². The van der Waals surface area contributed by atoms with Gasteiger partial charge in [0.2, 0.25) is 5.89 Å². The molecule has 0 fully saturated rings. The predicted molar refractivity (Wildman–Crippen MR) is 73.0 cm³/mol. The fourth-order valence-electron chi connectivity index (χ4n) is 1.99. The SMILES string of the molecule is Nc1cccc2cc(C(=O)NCCc3ncno3)[nH]c12. The number of aromatic nitrogens is 3. The van der Waals surface area contributed by atoms with Crippen molar-refractivity contribution in [3.05, 3.63) is 42.2 Å². The Morgan fingerprint density at radius 3 is 3.10 bits per heavy atom. The second-order valence-corrected chi connectivity index (χ2v) is 4.34. The van der Waals surface area contributed by atoms with Gasteiger partial charge in [-0.05, 0) is 12.1 Å². The van der Waals surface area contributed by atoms with Crippen LogP contribution in [0.25, 0.3) is 10.9 Å². The van der Waals surface area contributed by atoms with Crippen molar-refractivity contribution >= 4 is 22.5 Å². The van der Waals surface area contributed by atoms with Crippen LogP contribution in [0.15, 0.2) is 35.1 Å². The number of nitrogens with two attached hydrogens (primary N) is 1. The van der Waals surface area contributed by atoms with E-state index in [1.54, 1.807) is 12.1 Å². The third kappa shape index (κ3) is 2.33. The first kappa shape index (κ1) is 12.2. The van der Waals surface area contributed by atoms with Gasteiger partial charge in [-0.25, -0.2) is 0 Å². The van der Waals surface area contributed by atoms with E-state index in [0.717, 1.165) is 10.9 Å². The summed E-state index contributed by atoms with van der Waals surface area (Å²) in [4.78, 5) is 18.9. The number of para-hydroxylation sites is 1. The van der Waals surface area contributed by atoms with E-state index in [1.807, 2.05) is 12.1 Å². The van der Waals surface area contributed by atoms with Gasteiger partial charge in [0.1, 0.15) is 5.69 Å². The van der Waals surface area contributed by atoms with Crippen LogP contribution in [0.2, 0.25) is 0 Å². The Labute approximate surface area is 114 Å². The van der Waals surface area contributed by atoms with Gasteiger partial charge < -0.3 is 20.6 Å². The lowest BCUT2D eigenvalue weighted by Gasteiger charge is -2.00. The molecule has 4 N–H and O–H groups in total. The van der Waals surface area contributed by atoms with Gasteiger partial charge in [-0.1, -0.05) is 17.3 Å². The molecule has 3 aromatic rings. The number of amides is 1. The van der Waals surface area contributed by atoms with Crippen molar-refractivity contribution in [2.45, 2.75) is 6.42 Å². The number of rotatable bonds is 4. The Kier molecular flexibility index (Phi) is 3.08. The van der Waals surface area contributed by atoms with E-state index in [2.05, 4.69) is 20.4 Å². The molecular formula is C13H13N5O2. The van der Waals surface area contributed by atoms with E-state index in [4.69, 9.17) is 10.3 Å². The summed E-state index contributed by atoms with van der Waals surface area (Å²) in [6.45, 7) is 0.422. The molecule has 0 radical (unpaired) electrons. The molecule has 2 aromatic heterocycles. The Morgan fingerprint density at radius 2 is 2.35 bits per heavy atom. The fourth-order valence-corrected chi connectivity index (χ4v) is 1.99. The van der Waals surface area contributed by atoms with Crippen LogP contribution in [0.4, 0.5) is 5.69 Å². The first-order chi connectivity index (χ1) is 9.74. The third-order valence-electron chi connectivity index (χ3n) is 2.96. The number of aromatic amines is 1. The van der Waals surface area contributed by atoms with Crippen LogP contribution < -0.4 is 11.1 Å². The van der Waals surface area contributed by atoms with Gasteiger partial charge in [0.05, 0.1) is 11.2 Å². The molecule has 7 nitrogen and oxygen atoms in total. The number of anilines is 1. The highest BCUT2D eigenvalue weighted by Gasteiger charge is 2.10. The zero-order chi connectivity index (χ0) is 13.9. The topological polar surface area (TPSA) is 110 Å². The number of hydrogen-bond acceptors (Lipinski definition) is 5. The molecule has 0 unspecified atom stereocenters. The van der Waals surface area contributed by atoms with Gasteiger partial charge in [0.15, 0.2) is 6.33 Å². The summed E-state index contributed by atoms with van der Waals surface area (Å²) in [5.41, 5.74) is 7.71. The molecule has 0 atom stereocenters. The minimum Gasteiger partial charge on any atom is -0.397 e. The van der Waals surface area contributed by atoms with Gasteiger partial charge in [-0.3, -0.25) is 4.79 Å². The summed E-state index contributed by atoms with van der Waals surface area (Å²) < 4.78 is 4.85. The van der Waals surface area contributed by atoms with Crippen LogP contribution in [0.5, 0.6) is 0 Å². The van der Waals surface area contributed by atoms with Crippen LogP contribution in [-0.4, -0.2) is 27.6 Å². The van der Waals surface area contributed by atoms with Crippen molar-refractivity contribution in [1.29, 1.82) is 0 Å². The molecule has 0 aliphatic rings. The summed E-state index contributed by atoms with van der Waals surface area (Å²) in [5.74, 6) is 0.298. The van der Waals surface area contributed by atoms with Gasteiger partial charge in [-0.2, -0.15) is 4.98 Å². The van der Waals surface area contributed by atoms with Crippen molar-refractivity contribution in [3.8, 4) is 0 Å². The van der Waals surface area contributed by atoms with Crippen LogP contribution >= 0.6 is 0 Å². The number of hydrogen-bond donors (Lipinski definition) is 3. The highest BCUT2D eigenvalue weighted by atomic mass is 16.5. The van der Waals surface area contributed by atoms with E-state index in [1.165, 1.54) is 6.33 Å². The van der Waals surface area contributed by atoms with Gasteiger partial charge in [-0.15, -0.1) is 0 Å². The van der Waals surface area contributed by atoms with Gasteiger partial charge in [0.25, 0.3) is 5.91 Å². The molecule has 0 aliphatic carbocycles. The zero-order valence-electron chi connectivity index (χ0n) is 10.6. The normalized spacial score (nSPS) is 10.8. The minimum atomic E-state index is -0.194. The maximum atomic E-state index is 12.0. The Bertz CT molecular complexity index is 732. The van der Waals surface area contributed by atoms with E-state index < -0.39 is 0 Å². The summed E-state index contributed by atoms with van der Waals surface area (Å²) in [7, 11) is 0. The first-order valence-electron chi connectivity index (χ1n) is 6.15. The maximum Gasteiger partial charge on any atom is 0.267 e. The highest BCUT2D eigenvalue weighted by Crippen LogP contribution is 2.20. The van der Waals surface area contributed by atoms with E-state index >= 15 is 0 Å². The average molecular weight is 271 g/mol. The highest BCUT2D eigenvalue weighted by molar-refractivity contribution is 6.00. The number of fused-ring (bicyclic) bond motifs is 1. The number of nitrogens with one attached hydrogen (secondary N) is 2. The monoisotopic (exact) mass is 271 g/mol. The number of nitrogen functional groups attached to an aromatic ring is 1. The number of benzene rings is 1. The summed E-state index contributed by atoms with van der Waals surface area (Å²) in [5, 5.41) is 7.19. The van der Waals surface area contributed by atoms with Crippen molar-refractivity contribution in [2.24, 2.45) is 0 Å². The summed E-state index contributed by atoms with van der Waals surface area (Å²) in [6, 6.07) is 7.31. The molecule has 0 saturated heterocycles. The van der Waals surface area contributed by atoms with E-state index in [0.29, 0.717) is 30.2 Å². The Hall–Kier alpha value is -2.83. The number of carbonyl (C=O) groups excluding carboxylic acids is 1. The number of H-pyrrole nitrogens is 1. The van der Waals surface area contributed by atoms with Gasteiger partial charge >= 0.3 is 0 Å². The molecule has 7 heteroatoms. The lowest BCUT2D eigenvalue weighted by molar-refractivity contribution is 0.0949. The largest absolute Gasteiger partial charge is 0.397 e. The summed E-state index contributed by atoms with van der Waals surface area (Å²) in [6.07, 6.45) is 1.83.